The number of methoxy groups -OCH3 is 6. The SMILES string of the molecule is CCc1c2[nH]c(c1C)C(c1cc(OC)c(OC)c(OC)c1)=c1[nH]c(c(CC)c1C)=C(c1ccc(C=Cc3ccc(N(c4ccc(C)cc4)c4ccc(C)cc4)cc3)cc1)c1[nH]c(c(C)c1CC)C(c1cc(OC)c(OC)c(OC)c1)=c1[nH]c(c(CC)c1C)=C2c1ccc(C=Cc2ccc(N(c3ccc(C)cc3)c3ccc(C)cc3)cc2)cc1. The van der Waals surface area contributed by atoms with Gasteiger partial charge >= 0.3 is 0 Å². The molecule has 1 aliphatic heterocycles. The van der Waals surface area contributed by atoms with Crippen LogP contribution in [-0.4, -0.2) is 62.6 Å². The van der Waals surface area contributed by atoms with E-state index in [0.717, 1.165) is 167 Å². The number of anilines is 6. The summed E-state index contributed by atoms with van der Waals surface area (Å²) in [6.45, 7) is 26.7. The molecule has 15 rings (SSSR count). The Labute approximate surface area is 694 Å². The van der Waals surface area contributed by atoms with Gasteiger partial charge in [-0.1, -0.05) is 196 Å². The lowest BCUT2D eigenvalue weighted by molar-refractivity contribution is 0.324. The fourth-order valence-electron chi connectivity index (χ4n) is 17.3. The van der Waals surface area contributed by atoms with Gasteiger partial charge in [0.15, 0.2) is 23.0 Å². The van der Waals surface area contributed by atoms with Gasteiger partial charge in [0, 0.05) is 56.4 Å². The molecule has 8 bridgehead atoms. The highest BCUT2D eigenvalue weighted by Crippen LogP contribution is 2.46. The molecule has 12 nitrogen and oxygen atoms in total. The number of aromatic amines is 4. The van der Waals surface area contributed by atoms with Crippen LogP contribution in [-0.2, 0) is 25.7 Å². The van der Waals surface area contributed by atoms with Crippen LogP contribution in [0.4, 0.5) is 34.1 Å². The van der Waals surface area contributed by atoms with E-state index in [1.54, 1.807) is 42.7 Å². The number of ether oxygens (including phenoxy) is 6. The number of rotatable bonds is 24. The average molecular weight is 1560 g/mol. The highest BCUT2D eigenvalue weighted by atomic mass is 16.5. The van der Waals surface area contributed by atoms with Gasteiger partial charge in [-0.25, -0.2) is 0 Å². The molecule has 14 aromatic rings. The molecule has 0 saturated heterocycles. The van der Waals surface area contributed by atoms with Crippen molar-refractivity contribution in [2.24, 2.45) is 0 Å². The summed E-state index contributed by atoms with van der Waals surface area (Å²) in [5.74, 6) is 3.19. The first-order valence-corrected chi connectivity index (χ1v) is 41.0. The van der Waals surface area contributed by atoms with Crippen LogP contribution in [0.5, 0.6) is 34.5 Å². The number of aryl methyl sites for hydroxylation is 4. The minimum atomic E-state index is 0.508. The Hall–Kier alpha value is -13.3. The molecule has 0 radical (unpaired) electrons. The summed E-state index contributed by atoms with van der Waals surface area (Å²) in [6.07, 6.45) is 11.7. The predicted octanol–water partition coefficient (Wildman–Crippen LogP) is 22.4. The monoisotopic (exact) mass is 1560 g/mol. The van der Waals surface area contributed by atoms with E-state index in [9.17, 15) is 0 Å². The van der Waals surface area contributed by atoms with Crippen LogP contribution in [0, 0.1) is 55.4 Å². The van der Waals surface area contributed by atoms with Gasteiger partial charge in [-0.2, -0.15) is 0 Å². The Morgan fingerprint density at radius 1 is 0.246 bits per heavy atom. The zero-order valence-electron chi connectivity index (χ0n) is 71.3. The summed E-state index contributed by atoms with van der Waals surface area (Å²) in [4.78, 5) is 21.9. The maximum atomic E-state index is 6.27. The lowest BCUT2D eigenvalue weighted by Gasteiger charge is -2.25. The normalized spacial score (nSPS) is 12.2. The van der Waals surface area contributed by atoms with Gasteiger partial charge in [0.25, 0.3) is 0 Å². The van der Waals surface area contributed by atoms with E-state index in [0.29, 0.717) is 60.2 Å². The molecule has 4 N–H and O–H groups in total. The number of aromatic nitrogens is 4. The second kappa shape index (κ2) is 34.2. The maximum absolute atomic E-state index is 6.27. The molecule has 0 atom stereocenters. The first-order chi connectivity index (χ1) is 57.3. The van der Waals surface area contributed by atoms with E-state index >= 15 is 0 Å². The van der Waals surface area contributed by atoms with E-state index in [4.69, 9.17) is 28.4 Å². The number of benzene rings is 10. The smallest absolute Gasteiger partial charge is 0.203 e. The van der Waals surface area contributed by atoms with Crippen molar-refractivity contribution < 1.29 is 28.4 Å². The largest absolute Gasteiger partial charge is 0.493 e. The third-order valence-corrected chi connectivity index (χ3v) is 23.6. The van der Waals surface area contributed by atoms with E-state index in [2.05, 4.69) is 356 Å². The number of nitrogens with zero attached hydrogens (tertiary/aromatic N) is 2. The average Bonchev–Trinajstić information content (AvgIpc) is 1.57. The summed E-state index contributed by atoms with van der Waals surface area (Å²) in [5, 5.41) is 3.92. The van der Waals surface area contributed by atoms with E-state index in [1.807, 2.05) is 0 Å². The van der Waals surface area contributed by atoms with E-state index < -0.39 is 0 Å². The molecule has 12 heteroatoms. The molecule has 0 amide bonds. The summed E-state index contributed by atoms with van der Waals surface area (Å²) < 4.78 is 37.3. The van der Waals surface area contributed by atoms with Crippen LogP contribution < -0.4 is 59.6 Å². The summed E-state index contributed by atoms with van der Waals surface area (Å²) in [7, 11) is 10.1. The molecule has 118 heavy (non-hydrogen) atoms. The Kier molecular flexibility index (Phi) is 23.2. The second-order valence-corrected chi connectivity index (χ2v) is 30.8. The van der Waals surface area contributed by atoms with Crippen molar-refractivity contribution in [1.29, 1.82) is 0 Å². The van der Waals surface area contributed by atoms with Gasteiger partial charge in [0.2, 0.25) is 11.5 Å². The molecule has 0 unspecified atom stereocenters. The highest BCUT2D eigenvalue weighted by Gasteiger charge is 2.31. The maximum Gasteiger partial charge on any atom is 0.203 e. The Balaban J connectivity index is 0.956. The quantitative estimate of drug-likeness (QED) is 0.0441. The third kappa shape index (κ3) is 15.2. The first kappa shape index (κ1) is 79.9. The lowest BCUT2D eigenvalue weighted by Crippen LogP contribution is -2.21. The van der Waals surface area contributed by atoms with Crippen LogP contribution in [0.3, 0.4) is 0 Å². The first-order valence-electron chi connectivity index (χ1n) is 41.0. The van der Waals surface area contributed by atoms with Crippen molar-refractivity contribution in [2.45, 2.75) is 109 Å². The predicted molar refractivity (Wildman–Crippen MR) is 489 cm³/mol. The van der Waals surface area contributed by atoms with Gasteiger partial charge in [-0.05, 0) is 267 Å². The fraction of sp³-hybridized carbons (Fsp3) is 0.208. The van der Waals surface area contributed by atoms with Gasteiger partial charge in [0.1, 0.15) is 0 Å². The molecule has 0 saturated carbocycles. The van der Waals surface area contributed by atoms with Crippen LogP contribution in [0.25, 0.3) is 46.6 Å². The summed E-state index contributed by atoms with van der Waals surface area (Å²) >= 11 is 0. The second-order valence-electron chi connectivity index (χ2n) is 30.8. The molecule has 1 aliphatic rings. The van der Waals surface area contributed by atoms with Gasteiger partial charge < -0.3 is 58.2 Å². The Morgan fingerprint density at radius 2 is 0.483 bits per heavy atom. The van der Waals surface area contributed by atoms with Crippen molar-refractivity contribution in [2.75, 3.05) is 52.5 Å². The summed E-state index contributed by atoms with van der Waals surface area (Å²) in [6, 6.07) is 79.0. The molecule has 4 aromatic heterocycles. The zero-order chi connectivity index (χ0) is 82.7. The number of hydrogen-bond donors (Lipinski definition) is 4. The van der Waals surface area contributed by atoms with Crippen molar-refractivity contribution in [3.05, 3.63) is 374 Å². The molecular formula is C106H106N6O6. The molecule has 0 fully saturated rings. The molecule has 10 aromatic carbocycles. The number of fused-ring (bicyclic) bond motifs is 8. The molecule has 0 spiro atoms. The molecule has 596 valence electrons. The van der Waals surface area contributed by atoms with Gasteiger partial charge in [-0.3, -0.25) is 0 Å². The highest BCUT2D eigenvalue weighted by molar-refractivity contribution is 5.92. The van der Waals surface area contributed by atoms with Crippen molar-refractivity contribution in [1.82, 2.24) is 19.9 Å². The van der Waals surface area contributed by atoms with Crippen molar-refractivity contribution in [3.63, 3.8) is 0 Å². The Morgan fingerprint density at radius 3 is 0.720 bits per heavy atom. The number of hydrogen-bond acceptors (Lipinski definition) is 8. The number of H-pyrrole nitrogens is 4. The van der Waals surface area contributed by atoms with Gasteiger partial charge in [0.05, 0.1) is 86.8 Å². The van der Waals surface area contributed by atoms with Crippen LogP contribution in [0.2, 0.25) is 0 Å². The van der Waals surface area contributed by atoms with E-state index in [1.165, 1.54) is 44.5 Å². The van der Waals surface area contributed by atoms with Crippen LogP contribution in [0.1, 0.15) is 162 Å². The molecule has 5 heterocycles. The van der Waals surface area contributed by atoms with Gasteiger partial charge in [-0.15, -0.1) is 0 Å². The lowest BCUT2D eigenvalue weighted by atomic mass is 9.92. The van der Waals surface area contributed by atoms with Crippen LogP contribution >= 0.6 is 0 Å². The molecular weight excluding hydrogens is 1450 g/mol. The van der Waals surface area contributed by atoms with Crippen LogP contribution in [0.15, 0.2) is 218 Å². The summed E-state index contributed by atoms with van der Waals surface area (Å²) in [5.41, 5.74) is 36.7. The molecule has 0 aliphatic carbocycles. The Bertz CT molecular complexity index is 5860. The third-order valence-electron chi connectivity index (χ3n) is 23.6. The zero-order valence-corrected chi connectivity index (χ0v) is 71.3. The number of nitrogens with one attached hydrogen (secondary N) is 4. The fourth-order valence-corrected chi connectivity index (χ4v) is 17.3. The van der Waals surface area contributed by atoms with Crippen molar-refractivity contribution in [3.8, 4) is 34.5 Å². The van der Waals surface area contributed by atoms with Crippen molar-refractivity contribution >= 4 is 80.7 Å². The minimum absolute atomic E-state index is 0.508. The topological polar surface area (TPSA) is 125 Å². The standard InChI is InChI=1S/C106H106N6O6/c1-19-85-67(9)97-95(77-59-89(113-13)105(117-17)90(60-77)114-14)98-69(11)87(21-3)103(109-98)94(76-45-37-72(38-46-76)32-34-74-41-57-84(58-42-74)112(81-51-27-65(7)28-52-81)82-53-29-66(8)30-54-82)104-88(22-4)70(12)100(110-104)96(78-61-91(115-15)106(118-18)92(62-78)116-16)99-68(10)86(20-2)102(108-99)93(101(85)107-97)75-43-35-71(36-44-75)31-33-73-39-55-83(56-40-73)111(79-47-23-63(5)24-48-79)80-49-25-64(6)26-50-80/h23-62,107-110H,19-22H2,1-18H3. The minimum Gasteiger partial charge on any atom is -0.493 e. The van der Waals surface area contributed by atoms with E-state index in [-0.39, 0.29) is 0 Å².